The number of rotatable bonds is 13. The van der Waals surface area contributed by atoms with E-state index in [0.29, 0.717) is 5.92 Å². The summed E-state index contributed by atoms with van der Waals surface area (Å²) in [5, 5.41) is 8.33. The van der Waals surface area contributed by atoms with Crippen LogP contribution in [0.4, 0.5) is 0 Å². The Morgan fingerprint density at radius 2 is 1.16 bits per heavy atom. The van der Waals surface area contributed by atoms with E-state index in [1.54, 1.807) is 0 Å². The third-order valence-corrected chi connectivity index (χ3v) is 14.8. The summed E-state index contributed by atoms with van der Waals surface area (Å²) in [6, 6.07) is 72.2. The van der Waals surface area contributed by atoms with Crippen LogP contribution in [0, 0.1) is 6.92 Å². The molecule has 12 rings (SSSR count). The molecule has 2 heterocycles. The fraction of sp³-hybridized carbons (Fsp3) is 0.134. The smallest absolute Gasteiger partial charge is 0.143 e. The highest BCUT2D eigenvalue weighted by atomic mass is 16.3. The molecular formula is C67H55NO2. The van der Waals surface area contributed by atoms with Gasteiger partial charge in [-0.3, -0.25) is 0 Å². The van der Waals surface area contributed by atoms with Crippen LogP contribution in [0.2, 0.25) is 0 Å². The highest BCUT2D eigenvalue weighted by molar-refractivity contribution is 6.10. The molecule has 0 radical (unpaired) electrons. The van der Waals surface area contributed by atoms with E-state index >= 15 is 0 Å². The standard InChI is InChI=1S/C67H55NO2/c1-4-17-49(41-63(68-44(3)45-18-6-5-7-19-45)50-36-37-61-59-24-10-12-30-64(59)69-66(61)42-50)46-32-34-47(35-33-46)51-38-52(40-53(39-51)57-28-16-29-62-60-25-11-13-31-65(60)70-67(57)62)54-26-15-27-55(43(54)2)58-23-9-8-22-56(58)48-20-14-21-48/h5-13,15-16,18-19,22-42,48,63,68H,3-4,14,17,20-21H2,1-2H3/b49-41+. The lowest BCUT2D eigenvalue weighted by Gasteiger charge is -2.28. The molecule has 0 spiro atoms. The highest BCUT2D eigenvalue weighted by Gasteiger charge is 2.24. The van der Waals surface area contributed by atoms with Crippen LogP contribution >= 0.6 is 0 Å². The van der Waals surface area contributed by atoms with E-state index in [1.807, 2.05) is 24.3 Å². The summed E-state index contributed by atoms with van der Waals surface area (Å²) in [5.41, 5.74) is 21.5. The number of nitrogens with one attached hydrogen (secondary N) is 1. The number of benzene rings is 9. The van der Waals surface area contributed by atoms with E-state index in [-0.39, 0.29) is 6.04 Å². The average molecular weight is 906 g/mol. The number of fused-ring (bicyclic) bond motifs is 6. The third kappa shape index (κ3) is 8.01. The van der Waals surface area contributed by atoms with Gasteiger partial charge in [0, 0.05) is 32.8 Å². The van der Waals surface area contributed by atoms with E-state index in [0.717, 1.165) is 95.8 Å². The molecule has 2 aromatic heterocycles. The summed E-state index contributed by atoms with van der Waals surface area (Å²) in [7, 11) is 0. The number of allylic oxidation sites excluding steroid dienone is 1. The molecule has 3 nitrogen and oxygen atoms in total. The zero-order valence-electron chi connectivity index (χ0n) is 39.8. The number of furan rings is 2. The largest absolute Gasteiger partial charge is 0.456 e. The first kappa shape index (κ1) is 43.2. The summed E-state index contributed by atoms with van der Waals surface area (Å²) in [6.07, 6.45) is 8.16. The monoisotopic (exact) mass is 905 g/mol. The Morgan fingerprint density at radius 3 is 1.93 bits per heavy atom. The van der Waals surface area contributed by atoms with Crippen LogP contribution in [0.5, 0.6) is 0 Å². The van der Waals surface area contributed by atoms with Crippen LogP contribution in [0.3, 0.4) is 0 Å². The van der Waals surface area contributed by atoms with Gasteiger partial charge in [0.25, 0.3) is 0 Å². The van der Waals surface area contributed by atoms with E-state index in [9.17, 15) is 0 Å². The number of hydrogen-bond donors (Lipinski definition) is 1. The summed E-state index contributed by atoms with van der Waals surface area (Å²) < 4.78 is 13.1. The summed E-state index contributed by atoms with van der Waals surface area (Å²) in [4.78, 5) is 0. The molecule has 0 saturated heterocycles. The predicted octanol–water partition coefficient (Wildman–Crippen LogP) is 18.9. The molecule has 1 aliphatic carbocycles. The minimum atomic E-state index is -0.161. The molecule has 0 amide bonds. The van der Waals surface area contributed by atoms with Gasteiger partial charge >= 0.3 is 0 Å². The Hall–Kier alpha value is -8.14. The second kappa shape index (κ2) is 18.4. The normalized spacial score (nSPS) is 13.5. The van der Waals surface area contributed by atoms with Crippen LogP contribution in [0.25, 0.3) is 99.7 Å². The Labute approximate surface area is 410 Å². The van der Waals surface area contributed by atoms with Gasteiger partial charge in [-0.1, -0.05) is 196 Å². The van der Waals surface area contributed by atoms with Gasteiger partial charge in [-0.2, -0.15) is 0 Å². The average Bonchev–Trinajstić information content (AvgIpc) is 3.96. The van der Waals surface area contributed by atoms with E-state index in [2.05, 4.69) is 208 Å². The van der Waals surface area contributed by atoms with Crippen molar-refractivity contribution in [1.82, 2.24) is 5.32 Å². The van der Waals surface area contributed by atoms with E-state index in [4.69, 9.17) is 8.83 Å². The fourth-order valence-electron chi connectivity index (χ4n) is 10.9. The van der Waals surface area contributed by atoms with Gasteiger partial charge in [-0.25, -0.2) is 0 Å². The Balaban J connectivity index is 0.962. The molecule has 1 saturated carbocycles. The maximum absolute atomic E-state index is 6.67. The third-order valence-electron chi connectivity index (χ3n) is 14.8. The van der Waals surface area contributed by atoms with Crippen LogP contribution in [-0.4, -0.2) is 0 Å². The topological polar surface area (TPSA) is 38.3 Å². The lowest BCUT2D eigenvalue weighted by atomic mass is 9.76. The van der Waals surface area contributed by atoms with Crippen molar-refractivity contribution in [2.24, 2.45) is 0 Å². The van der Waals surface area contributed by atoms with Crippen LogP contribution in [0.15, 0.2) is 222 Å². The van der Waals surface area contributed by atoms with Crippen molar-refractivity contribution in [3.63, 3.8) is 0 Å². The zero-order chi connectivity index (χ0) is 47.1. The summed E-state index contributed by atoms with van der Waals surface area (Å²) in [6.45, 7) is 9.08. The summed E-state index contributed by atoms with van der Waals surface area (Å²) >= 11 is 0. The Morgan fingerprint density at radius 1 is 0.543 bits per heavy atom. The van der Waals surface area contributed by atoms with Gasteiger partial charge in [-0.15, -0.1) is 0 Å². The molecule has 70 heavy (non-hydrogen) atoms. The minimum absolute atomic E-state index is 0.161. The highest BCUT2D eigenvalue weighted by Crippen LogP contribution is 2.45. The predicted molar refractivity (Wildman–Crippen MR) is 295 cm³/mol. The van der Waals surface area contributed by atoms with E-state index < -0.39 is 0 Å². The molecule has 11 aromatic rings. The second-order valence-corrected chi connectivity index (χ2v) is 19.1. The van der Waals surface area contributed by atoms with Crippen molar-refractivity contribution in [2.75, 3.05) is 0 Å². The number of hydrogen-bond acceptors (Lipinski definition) is 3. The van der Waals surface area contributed by atoms with Gasteiger partial charge in [0.2, 0.25) is 0 Å². The molecular weight excluding hydrogens is 851 g/mol. The molecule has 1 N–H and O–H groups in total. The molecule has 1 atom stereocenters. The van der Waals surface area contributed by atoms with Crippen molar-refractivity contribution < 1.29 is 8.83 Å². The van der Waals surface area contributed by atoms with Gasteiger partial charge < -0.3 is 14.2 Å². The lowest BCUT2D eigenvalue weighted by Crippen LogP contribution is -2.18. The molecule has 1 unspecified atom stereocenters. The van der Waals surface area contributed by atoms with Crippen molar-refractivity contribution in [3.8, 4) is 44.5 Å². The van der Waals surface area contributed by atoms with Crippen molar-refractivity contribution in [2.45, 2.75) is 57.9 Å². The quantitative estimate of drug-likeness (QED) is 0.125. The van der Waals surface area contributed by atoms with Gasteiger partial charge in [0.15, 0.2) is 0 Å². The first-order valence-electron chi connectivity index (χ1n) is 25.0. The molecule has 9 aromatic carbocycles. The molecule has 0 aliphatic heterocycles. The molecule has 1 aliphatic rings. The maximum Gasteiger partial charge on any atom is 0.143 e. The van der Waals surface area contributed by atoms with Crippen LogP contribution in [-0.2, 0) is 0 Å². The molecule has 1 fully saturated rings. The SMILES string of the molecule is C=C(NC(/C=C(\CCC)c1ccc(-c2cc(-c3cccc(-c4ccccc4C4CCC4)c3C)cc(-c3cccc4c3oc3ccccc34)c2)cc1)c1ccc2c(c1)oc1ccccc12)c1ccccc1. The molecule has 0 bridgehead atoms. The van der Waals surface area contributed by atoms with Gasteiger partial charge in [0.05, 0.1) is 6.04 Å². The van der Waals surface area contributed by atoms with E-state index in [1.165, 1.54) is 63.8 Å². The Kier molecular flexibility index (Phi) is 11.3. The van der Waals surface area contributed by atoms with Gasteiger partial charge in [0.1, 0.15) is 22.3 Å². The molecule has 340 valence electrons. The lowest BCUT2D eigenvalue weighted by molar-refractivity contribution is 0.420. The zero-order valence-corrected chi connectivity index (χ0v) is 39.8. The molecule has 3 heteroatoms. The first-order chi connectivity index (χ1) is 34.5. The number of para-hydroxylation sites is 3. The fourth-order valence-corrected chi connectivity index (χ4v) is 10.9. The minimum Gasteiger partial charge on any atom is -0.456 e. The maximum atomic E-state index is 6.67. The summed E-state index contributed by atoms with van der Waals surface area (Å²) in [5.74, 6) is 0.636. The van der Waals surface area contributed by atoms with Crippen molar-refractivity contribution in [3.05, 3.63) is 241 Å². The van der Waals surface area contributed by atoms with Gasteiger partial charge in [-0.05, 0) is 141 Å². The van der Waals surface area contributed by atoms with Crippen LogP contribution in [0.1, 0.15) is 78.8 Å². The Bertz CT molecular complexity index is 3770. The van der Waals surface area contributed by atoms with Crippen molar-refractivity contribution in [1.29, 1.82) is 0 Å². The second-order valence-electron chi connectivity index (χ2n) is 19.1. The van der Waals surface area contributed by atoms with Crippen LogP contribution < -0.4 is 5.32 Å². The first-order valence-corrected chi connectivity index (χ1v) is 25.0. The van der Waals surface area contributed by atoms with Crippen molar-refractivity contribution >= 4 is 55.1 Å².